The molecule has 1 unspecified atom stereocenters. The third-order valence-electron chi connectivity index (χ3n) is 1.43. The zero-order valence-corrected chi connectivity index (χ0v) is 7.40. The van der Waals surface area contributed by atoms with Gasteiger partial charge in [0.05, 0.1) is 5.69 Å². The molecule has 60 valence electrons. The van der Waals surface area contributed by atoms with E-state index < -0.39 is 0 Å². The Bertz CT molecular complexity index is 242. The van der Waals surface area contributed by atoms with Crippen molar-refractivity contribution in [2.75, 3.05) is 0 Å². The molecule has 1 aromatic rings. The van der Waals surface area contributed by atoms with Gasteiger partial charge in [0, 0.05) is 10.9 Å². The van der Waals surface area contributed by atoms with Crippen LogP contribution in [-0.2, 0) is 0 Å². The van der Waals surface area contributed by atoms with Gasteiger partial charge in [-0.3, -0.25) is 0 Å². The van der Waals surface area contributed by atoms with Gasteiger partial charge in [-0.15, -0.1) is 6.58 Å². The zero-order valence-electron chi connectivity index (χ0n) is 6.58. The fraction of sp³-hybridized carbons (Fsp3) is 0.375. The van der Waals surface area contributed by atoms with Gasteiger partial charge in [-0.05, 0) is 30.9 Å². The number of nitrogens with zero attached hydrogens (tertiary/aromatic N) is 1. The molecule has 0 spiro atoms. The second-order valence-corrected chi connectivity index (χ2v) is 3.34. The average molecular weight is 168 g/mol. The third kappa shape index (κ3) is 2.13. The lowest BCUT2D eigenvalue weighted by atomic mass is 10.2. The molecular weight excluding hydrogens is 156 g/mol. The molecule has 0 bridgehead atoms. The van der Waals surface area contributed by atoms with Crippen molar-refractivity contribution in [3.63, 3.8) is 0 Å². The van der Waals surface area contributed by atoms with E-state index in [1.54, 1.807) is 0 Å². The minimum atomic E-state index is 0.0821. The van der Waals surface area contributed by atoms with Gasteiger partial charge in [-0.1, -0.05) is 6.08 Å². The predicted molar refractivity (Wildman–Crippen MR) is 48.6 cm³/mol. The summed E-state index contributed by atoms with van der Waals surface area (Å²) >= 11 is 1.47. The molecule has 3 heteroatoms. The number of hydrogen-bond donors (Lipinski definition) is 1. The molecule has 0 aliphatic heterocycles. The van der Waals surface area contributed by atoms with Crippen LogP contribution in [0.1, 0.15) is 23.0 Å². The summed E-state index contributed by atoms with van der Waals surface area (Å²) in [7, 11) is 0. The first-order valence-corrected chi connectivity index (χ1v) is 4.31. The number of aromatic nitrogens is 1. The van der Waals surface area contributed by atoms with E-state index >= 15 is 0 Å². The Hall–Kier alpha value is -0.670. The first-order valence-electron chi connectivity index (χ1n) is 3.53. The Morgan fingerprint density at radius 2 is 2.64 bits per heavy atom. The molecule has 1 atom stereocenters. The lowest BCUT2D eigenvalue weighted by molar-refractivity contribution is 0.757. The SMILES string of the molecule is C=CCC(N)c1cc(C)ns1. The minimum Gasteiger partial charge on any atom is -0.323 e. The molecule has 0 saturated heterocycles. The molecule has 1 rings (SSSR count). The van der Waals surface area contributed by atoms with Crippen LogP contribution in [0.3, 0.4) is 0 Å². The minimum absolute atomic E-state index is 0.0821. The highest BCUT2D eigenvalue weighted by atomic mass is 32.1. The molecule has 0 fully saturated rings. The van der Waals surface area contributed by atoms with Gasteiger partial charge >= 0.3 is 0 Å². The van der Waals surface area contributed by atoms with Crippen LogP contribution in [-0.4, -0.2) is 4.37 Å². The van der Waals surface area contributed by atoms with E-state index in [4.69, 9.17) is 5.73 Å². The van der Waals surface area contributed by atoms with Crippen molar-refractivity contribution in [2.45, 2.75) is 19.4 Å². The normalized spacial score (nSPS) is 12.9. The Kier molecular flexibility index (Phi) is 2.79. The summed E-state index contributed by atoms with van der Waals surface area (Å²) in [6, 6.07) is 2.11. The van der Waals surface area contributed by atoms with Crippen LogP contribution in [0.2, 0.25) is 0 Å². The molecule has 0 aliphatic carbocycles. The zero-order chi connectivity index (χ0) is 8.27. The van der Waals surface area contributed by atoms with E-state index in [2.05, 4.69) is 11.0 Å². The lowest BCUT2D eigenvalue weighted by Crippen LogP contribution is -2.06. The highest BCUT2D eigenvalue weighted by Gasteiger charge is 2.06. The van der Waals surface area contributed by atoms with Gasteiger partial charge < -0.3 is 5.73 Å². The van der Waals surface area contributed by atoms with E-state index in [9.17, 15) is 0 Å². The topological polar surface area (TPSA) is 38.9 Å². The van der Waals surface area contributed by atoms with Crippen LogP contribution in [0, 0.1) is 6.92 Å². The highest BCUT2D eigenvalue weighted by molar-refractivity contribution is 7.05. The summed E-state index contributed by atoms with van der Waals surface area (Å²) in [5.41, 5.74) is 6.86. The van der Waals surface area contributed by atoms with Gasteiger partial charge in [0.2, 0.25) is 0 Å². The van der Waals surface area contributed by atoms with Crippen molar-refractivity contribution < 1.29 is 0 Å². The maximum absolute atomic E-state index is 5.82. The number of aryl methyl sites for hydroxylation is 1. The molecule has 0 aliphatic rings. The number of rotatable bonds is 3. The average Bonchev–Trinajstić information content (AvgIpc) is 2.36. The van der Waals surface area contributed by atoms with Gasteiger partial charge in [-0.25, -0.2) is 0 Å². The van der Waals surface area contributed by atoms with Crippen LogP contribution in [0.4, 0.5) is 0 Å². The molecular formula is C8H12N2S. The van der Waals surface area contributed by atoms with Crippen molar-refractivity contribution in [3.05, 3.63) is 29.3 Å². The van der Waals surface area contributed by atoms with Crippen LogP contribution in [0.15, 0.2) is 18.7 Å². The molecule has 1 aromatic heterocycles. The van der Waals surface area contributed by atoms with E-state index in [0.717, 1.165) is 17.0 Å². The Labute approximate surface area is 70.9 Å². The molecule has 0 saturated carbocycles. The molecule has 0 amide bonds. The molecule has 1 heterocycles. The van der Waals surface area contributed by atoms with E-state index in [1.807, 2.05) is 19.1 Å². The van der Waals surface area contributed by atoms with Gasteiger partial charge in [-0.2, -0.15) is 4.37 Å². The summed E-state index contributed by atoms with van der Waals surface area (Å²) in [6.07, 6.45) is 2.65. The molecule has 2 nitrogen and oxygen atoms in total. The fourth-order valence-corrected chi connectivity index (χ4v) is 1.61. The molecule has 11 heavy (non-hydrogen) atoms. The van der Waals surface area contributed by atoms with E-state index in [1.165, 1.54) is 11.5 Å². The lowest BCUT2D eigenvalue weighted by Gasteiger charge is -2.02. The predicted octanol–water partition coefficient (Wildman–Crippen LogP) is 2.03. The van der Waals surface area contributed by atoms with Crippen molar-refractivity contribution in [1.82, 2.24) is 4.37 Å². The van der Waals surface area contributed by atoms with E-state index in [0.29, 0.717) is 0 Å². The second kappa shape index (κ2) is 3.64. The van der Waals surface area contributed by atoms with Crippen molar-refractivity contribution in [2.24, 2.45) is 5.73 Å². The Morgan fingerprint density at radius 3 is 3.09 bits per heavy atom. The summed E-state index contributed by atoms with van der Waals surface area (Å²) in [6.45, 7) is 5.61. The first-order chi connectivity index (χ1) is 5.24. The fourth-order valence-electron chi connectivity index (χ4n) is 0.854. The highest BCUT2D eigenvalue weighted by Crippen LogP contribution is 2.19. The third-order valence-corrected chi connectivity index (χ3v) is 2.44. The Balaban J connectivity index is 2.67. The van der Waals surface area contributed by atoms with Crippen LogP contribution in [0.25, 0.3) is 0 Å². The van der Waals surface area contributed by atoms with Crippen molar-refractivity contribution >= 4 is 11.5 Å². The van der Waals surface area contributed by atoms with Crippen molar-refractivity contribution in [3.8, 4) is 0 Å². The summed E-state index contributed by atoms with van der Waals surface area (Å²) in [4.78, 5) is 1.14. The monoisotopic (exact) mass is 168 g/mol. The smallest absolute Gasteiger partial charge is 0.0514 e. The maximum atomic E-state index is 5.82. The number of nitrogens with two attached hydrogens (primary N) is 1. The van der Waals surface area contributed by atoms with Crippen LogP contribution in [0.5, 0.6) is 0 Å². The summed E-state index contributed by atoms with van der Waals surface area (Å²) in [5, 5.41) is 0. The maximum Gasteiger partial charge on any atom is 0.0514 e. The molecule has 0 aromatic carbocycles. The second-order valence-electron chi connectivity index (χ2n) is 2.50. The van der Waals surface area contributed by atoms with Gasteiger partial charge in [0.25, 0.3) is 0 Å². The molecule has 2 N–H and O–H groups in total. The quantitative estimate of drug-likeness (QED) is 0.701. The Morgan fingerprint density at radius 1 is 1.91 bits per heavy atom. The van der Waals surface area contributed by atoms with E-state index in [-0.39, 0.29) is 6.04 Å². The molecule has 0 radical (unpaired) electrons. The van der Waals surface area contributed by atoms with Gasteiger partial charge in [0.1, 0.15) is 0 Å². The van der Waals surface area contributed by atoms with Crippen molar-refractivity contribution in [1.29, 1.82) is 0 Å². The van der Waals surface area contributed by atoms with Gasteiger partial charge in [0.15, 0.2) is 0 Å². The van der Waals surface area contributed by atoms with Crippen LogP contribution >= 0.6 is 11.5 Å². The van der Waals surface area contributed by atoms with Crippen LogP contribution < -0.4 is 5.73 Å². The summed E-state index contributed by atoms with van der Waals surface area (Å²) < 4.78 is 4.15. The number of hydrogen-bond acceptors (Lipinski definition) is 3. The largest absolute Gasteiger partial charge is 0.323 e. The standard InChI is InChI=1S/C8H12N2S/c1-3-4-7(9)8-5-6(2)10-11-8/h3,5,7H,1,4,9H2,2H3. The first kappa shape index (κ1) is 8.43. The summed E-state index contributed by atoms with van der Waals surface area (Å²) in [5.74, 6) is 0.